The van der Waals surface area contributed by atoms with Crippen LogP contribution in [0.4, 0.5) is 13.2 Å². The highest BCUT2D eigenvalue weighted by molar-refractivity contribution is 5.28. The molecular formula is C28H43F3O3. The van der Waals surface area contributed by atoms with E-state index < -0.39 is 17.4 Å². The van der Waals surface area contributed by atoms with E-state index in [2.05, 4.69) is 26.8 Å². The van der Waals surface area contributed by atoms with Gasteiger partial charge in [-0.05, 0) is 98.2 Å². The average Bonchev–Trinajstić information content (AvgIpc) is 3.35. The normalized spacial score (nSPS) is 49.7. The number of allylic oxidation sites excluding steroid dienone is 1. The van der Waals surface area contributed by atoms with Crippen LogP contribution in [-0.4, -0.2) is 40.8 Å². The number of aliphatic hydroxyl groups is 2. The van der Waals surface area contributed by atoms with E-state index in [-0.39, 0.29) is 23.7 Å². The van der Waals surface area contributed by atoms with Crippen LogP contribution in [0.25, 0.3) is 0 Å². The Bertz CT molecular complexity index is 818. The Morgan fingerprint density at radius 2 is 1.82 bits per heavy atom. The first-order valence-electron chi connectivity index (χ1n) is 13.6. The lowest BCUT2D eigenvalue weighted by Gasteiger charge is -2.59. The van der Waals surface area contributed by atoms with Gasteiger partial charge < -0.3 is 14.9 Å². The van der Waals surface area contributed by atoms with Crippen LogP contribution in [0, 0.1) is 40.4 Å². The van der Waals surface area contributed by atoms with Gasteiger partial charge in [-0.2, -0.15) is 13.2 Å². The summed E-state index contributed by atoms with van der Waals surface area (Å²) in [4.78, 5) is 0. The first-order chi connectivity index (χ1) is 15.8. The van der Waals surface area contributed by atoms with Gasteiger partial charge in [0.15, 0.2) is 5.60 Å². The fourth-order valence-electron chi connectivity index (χ4n) is 9.36. The monoisotopic (exact) mass is 484 g/mol. The maximum atomic E-state index is 13.6. The topological polar surface area (TPSA) is 49.7 Å². The number of hydrogen-bond donors (Lipinski definition) is 2. The van der Waals surface area contributed by atoms with Crippen LogP contribution < -0.4 is 0 Å². The fraction of sp³-hybridized carbons (Fsp3) is 0.929. The molecule has 0 aromatic heterocycles. The fourth-order valence-corrected chi connectivity index (χ4v) is 9.36. The lowest BCUT2D eigenvalue weighted by atomic mass is 9.46. The summed E-state index contributed by atoms with van der Waals surface area (Å²) in [5.41, 5.74) is -2.28. The van der Waals surface area contributed by atoms with E-state index in [9.17, 15) is 23.4 Å². The van der Waals surface area contributed by atoms with Crippen LogP contribution in [0.2, 0.25) is 0 Å². The summed E-state index contributed by atoms with van der Waals surface area (Å²) in [7, 11) is 0. The van der Waals surface area contributed by atoms with Crippen LogP contribution in [0.15, 0.2) is 11.6 Å². The first kappa shape index (κ1) is 25.1. The van der Waals surface area contributed by atoms with E-state index in [1.165, 1.54) is 12.8 Å². The second-order valence-corrected chi connectivity index (χ2v) is 13.2. The number of ether oxygens (including phenoxy) is 1. The summed E-state index contributed by atoms with van der Waals surface area (Å²) in [6.45, 7) is 8.16. The Morgan fingerprint density at radius 3 is 2.50 bits per heavy atom. The van der Waals surface area contributed by atoms with Crippen molar-refractivity contribution < 1.29 is 28.1 Å². The van der Waals surface area contributed by atoms with Crippen molar-refractivity contribution in [2.24, 2.45) is 40.4 Å². The molecule has 3 nitrogen and oxygen atoms in total. The Labute approximate surface area is 202 Å². The minimum atomic E-state index is -4.57. The lowest BCUT2D eigenvalue weighted by Crippen LogP contribution is -2.55. The molecule has 0 radical (unpaired) electrons. The number of hydrogen-bond acceptors (Lipinski definition) is 3. The van der Waals surface area contributed by atoms with E-state index in [0.29, 0.717) is 49.2 Å². The zero-order valence-electron chi connectivity index (χ0n) is 21.1. The second kappa shape index (κ2) is 8.21. The molecule has 9 atom stereocenters. The summed E-state index contributed by atoms with van der Waals surface area (Å²) in [6.07, 6.45) is 5.64. The average molecular weight is 485 g/mol. The van der Waals surface area contributed by atoms with Gasteiger partial charge in [-0.25, -0.2) is 0 Å². The van der Waals surface area contributed by atoms with Gasteiger partial charge >= 0.3 is 6.18 Å². The predicted molar refractivity (Wildman–Crippen MR) is 125 cm³/mol. The third-order valence-electron chi connectivity index (χ3n) is 11.6. The summed E-state index contributed by atoms with van der Waals surface area (Å²) in [6, 6.07) is 0. The zero-order chi connectivity index (χ0) is 24.6. The third-order valence-corrected chi connectivity index (χ3v) is 11.6. The lowest BCUT2D eigenvalue weighted by molar-refractivity contribution is -0.271. The third kappa shape index (κ3) is 3.80. The van der Waals surface area contributed by atoms with E-state index in [1.54, 1.807) is 0 Å². The van der Waals surface area contributed by atoms with Crippen molar-refractivity contribution in [1.29, 1.82) is 0 Å². The van der Waals surface area contributed by atoms with E-state index in [0.717, 1.165) is 44.1 Å². The quantitative estimate of drug-likeness (QED) is 0.452. The molecule has 1 heterocycles. The molecule has 2 N–H and O–H groups in total. The molecule has 1 unspecified atom stereocenters. The van der Waals surface area contributed by atoms with Gasteiger partial charge in [-0.15, -0.1) is 0 Å². The molecule has 0 amide bonds. The highest BCUT2D eigenvalue weighted by atomic mass is 19.4. The number of alkyl halides is 3. The van der Waals surface area contributed by atoms with Crippen LogP contribution in [-0.2, 0) is 4.74 Å². The Kier molecular flexibility index (Phi) is 6.05. The summed E-state index contributed by atoms with van der Waals surface area (Å²) < 4.78 is 46.2. The highest BCUT2D eigenvalue weighted by Crippen LogP contribution is 2.68. The zero-order valence-corrected chi connectivity index (χ0v) is 21.1. The Hall–Kier alpha value is -0.590. The minimum absolute atomic E-state index is 0.179. The highest BCUT2D eigenvalue weighted by Gasteiger charge is 2.63. The van der Waals surface area contributed by atoms with Crippen molar-refractivity contribution in [3.63, 3.8) is 0 Å². The van der Waals surface area contributed by atoms with Crippen molar-refractivity contribution in [3.05, 3.63) is 11.6 Å². The molecule has 0 aromatic rings. The van der Waals surface area contributed by atoms with Gasteiger partial charge in [0, 0.05) is 19.4 Å². The second-order valence-electron chi connectivity index (χ2n) is 13.2. The molecule has 1 saturated heterocycles. The van der Waals surface area contributed by atoms with E-state index >= 15 is 0 Å². The summed E-state index contributed by atoms with van der Waals surface area (Å²) in [5.74, 6) is 2.78. The molecule has 0 spiro atoms. The molecule has 6 heteroatoms. The van der Waals surface area contributed by atoms with Crippen LogP contribution in [0.3, 0.4) is 0 Å². The van der Waals surface area contributed by atoms with Gasteiger partial charge in [-0.3, -0.25) is 0 Å². The van der Waals surface area contributed by atoms with Gasteiger partial charge in [0.25, 0.3) is 0 Å². The predicted octanol–water partition coefficient (Wildman–Crippen LogP) is 6.43. The summed E-state index contributed by atoms with van der Waals surface area (Å²) in [5, 5.41) is 21.1. The van der Waals surface area contributed by atoms with Crippen molar-refractivity contribution >= 4 is 0 Å². The molecule has 3 saturated carbocycles. The molecule has 194 valence electrons. The molecule has 0 aromatic carbocycles. The maximum Gasteiger partial charge on any atom is 0.417 e. The van der Waals surface area contributed by atoms with Crippen molar-refractivity contribution in [2.75, 3.05) is 13.2 Å². The molecule has 5 aliphatic rings. The molecule has 4 fully saturated rings. The van der Waals surface area contributed by atoms with E-state index in [4.69, 9.17) is 4.74 Å². The van der Waals surface area contributed by atoms with E-state index in [1.807, 2.05) is 0 Å². The van der Waals surface area contributed by atoms with Gasteiger partial charge in [0.05, 0.1) is 12.2 Å². The van der Waals surface area contributed by atoms with Crippen LogP contribution in [0.1, 0.15) is 91.4 Å². The molecule has 5 rings (SSSR count). The molecule has 0 bridgehead atoms. The van der Waals surface area contributed by atoms with Gasteiger partial charge in [0.2, 0.25) is 0 Å². The molecular weight excluding hydrogens is 441 g/mol. The van der Waals surface area contributed by atoms with Gasteiger partial charge in [-0.1, -0.05) is 32.4 Å². The van der Waals surface area contributed by atoms with Crippen molar-refractivity contribution in [1.82, 2.24) is 0 Å². The van der Waals surface area contributed by atoms with Crippen molar-refractivity contribution in [2.45, 2.75) is 109 Å². The Morgan fingerprint density at radius 1 is 1.06 bits per heavy atom. The van der Waals surface area contributed by atoms with Gasteiger partial charge in [0.1, 0.15) is 0 Å². The van der Waals surface area contributed by atoms with Crippen molar-refractivity contribution in [3.8, 4) is 0 Å². The first-order valence-corrected chi connectivity index (χ1v) is 13.6. The summed E-state index contributed by atoms with van der Waals surface area (Å²) >= 11 is 0. The maximum absolute atomic E-state index is 13.6. The largest absolute Gasteiger partial charge is 0.417 e. The number of fused-ring (bicyclic) bond motifs is 5. The molecule has 34 heavy (non-hydrogen) atoms. The smallest absolute Gasteiger partial charge is 0.387 e. The number of rotatable bonds is 4. The van der Waals surface area contributed by atoms with Crippen LogP contribution >= 0.6 is 0 Å². The van der Waals surface area contributed by atoms with Crippen LogP contribution in [0.5, 0.6) is 0 Å². The molecule has 4 aliphatic carbocycles. The number of halogens is 3. The SMILES string of the molecule is C[C@H](CC[C@]1(O)CCOC1)[C@H]1CC[C@H]2C3CC=C4C[C@](O)(C(F)(F)F)CC[C@]4(C)[C@H]3CC[C@]12C. The minimum Gasteiger partial charge on any atom is -0.387 e. The standard InChI is InChI=1S/C28H43F3O3/c1-18(8-11-26(32)14-15-34-17-26)21-6-7-22-20-5-4-19-16-27(33,28(29,30)31)13-12-24(19,2)23(20)9-10-25(21,22)3/h4,18,20-23,32-33H,5-17H2,1-3H3/t18-,20?,21-,22+,23+,24+,25-,26+,27+/m1/s1. The Balaban J connectivity index is 1.31. The molecule has 1 aliphatic heterocycles.